The van der Waals surface area contributed by atoms with E-state index in [2.05, 4.69) is 4.84 Å². The number of hydrogen-bond acceptors (Lipinski definition) is 3. The summed E-state index contributed by atoms with van der Waals surface area (Å²) in [4.78, 5) is 4.32. The Bertz CT molecular complexity index is 358. The van der Waals surface area contributed by atoms with Crippen molar-refractivity contribution in [1.29, 1.82) is 0 Å². The van der Waals surface area contributed by atoms with E-state index >= 15 is 0 Å². The minimum absolute atomic E-state index is 0.0542. The van der Waals surface area contributed by atoms with Crippen molar-refractivity contribution in [2.45, 2.75) is 12.8 Å². The van der Waals surface area contributed by atoms with Gasteiger partial charge < -0.3 is 9.57 Å². The summed E-state index contributed by atoms with van der Waals surface area (Å²) in [7, 11) is 1.27. The highest BCUT2D eigenvalue weighted by Crippen LogP contribution is 2.29. The molecule has 0 bridgehead atoms. The van der Waals surface area contributed by atoms with Gasteiger partial charge in [-0.3, -0.25) is 0 Å². The van der Waals surface area contributed by atoms with Crippen molar-refractivity contribution in [2.24, 2.45) is 5.90 Å². The fraction of sp³-hybridized carbons (Fsp3) is 0.400. The molecule has 0 aliphatic rings. The lowest BCUT2D eigenvalue weighted by Crippen LogP contribution is -2.06. The summed E-state index contributed by atoms with van der Waals surface area (Å²) in [5.41, 5.74) is -0.0754. The molecule has 0 aliphatic heterocycles. The van der Waals surface area contributed by atoms with Crippen LogP contribution in [-0.4, -0.2) is 13.7 Å². The van der Waals surface area contributed by atoms with Gasteiger partial charge in [-0.05, 0) is 12.1 Å². The summed E-state index contributed by atoms with van der Waals surface area (Å²) in [6, 6.07) is 1.95. The first-order chi connectivity index (χ1) is 7.60. The molecule has 2 N–H and O–H groups in total. The summed E-state index contributed by atoms with van der Waals surface area (Å²) < 4.78 is 43.0. The highest BCUT2D eigenvalue weighted by molar-refractivity contribution is 5.39. The number of halogens is 3. The first kappa shape index (κ1) is 12.8. The van der Waals surface area contributed by atoms with Gasteiger partial charge in [0.15, 0.2) is 11.6 Å². The van der Waals surface area contributed by atoms with Gasteiger partial charge in [0.2, 0.25) is 0 Å². The van der Waals surface area contributed by atoms with Crippen LogP contribution in [-0.2, 0) is 11.3 Å². The van der Waals surface area contributed by atoms with E-state index in [-0.39, 0.29) is 24.3 Å². The molecule has 16 heavy (non-hydrogen) atoms. The predicted octanol–water partition coefficient (Wildman–Crippen LogP) is 2.20. The number of rotatable bonds is 5. The molecule has 0 aliphatic carbocycles. The molecule has 0 spiro atoms. The number of ether oxygens (including phenoxy) is 1. The smallest absolute Gasteiger partial charge is 0.263 e. The van der Waals surface area contributed by atoms with Gasteiger partial charge >= 0.3 is 0 Å². The average Bonchev–Trinajstić information content (AvgIpc) is 2.25. The molecular weight excluding hydrogens is 223 g/mol. The highest BCUT2D eigenvalue weighted by Gasteiger charge is 2.16. The normalized spacial score (nSPS) is 10.9. The molecule has 0 unspecified atom stereocenters. The van der Waals surface area contributed by atoms with Gasteiger partial charge in [0, 0.05) is 17.5 Å². The lowest BCUT2D eigenvalue weighted by atomic mass is 10.1. The molecule has 0 fully saturated rings. The quantitative estimate of drug-likeness (QED) is 0.796. The van der Waals surface area contributed by atoms with E-state index in [1.54, 1.807) is 0 Å². The third-order valence-corrected chi connectivity index (χ3v) is 2.09. The maximum absolute atomic E-state index is 13.4. The molecule has 1 rings (SSSR count). The molecule has 0 amide bonds. The van der Waals surface area contributed by atoms with E-state index in [0.717, 1.165) is 6.07 Å². The summed E-state index contributed by atoms with van der Waals surface area (Å²) >= 11 is 0. The summed E-state index contributed by atoms with van der Waals surface area (Å²) in [6.45, 7) is 0.0997. The molecule has 0 radical (unpaired) electrons. The Hall–Kier alpha value is -1.27. The highest BCUT2D eigenvalue weighted by atomic mass is 19.3. The van der Waals surface area contributed by atoms with Gasteiger partial charge in [-0.25, -0.2) is 19.1 Å². The van der Waals surface area contributed by atoms with Gasteiger partial charge in [0.05, 0.1) is 13.7 Å². The number of benzene rings is 1. The Balaban J connectivity index is 3.09. The number of nitrogens with two attached hydrogens (primary N) is 1. The fourth-order valence-corrected chi connectivity index (χ4v) is 1.38. The van der Waals surface area contributed by atoms with E-state index in [1.165, 1.54) is 13.2 Å². The van der Waals surface area contributed by atoms with Gasteiger partial charge in [0.1, 0.15) is 0 Å². The second kappa shape index (κ2) is 5.72. The molecule has 0 saturated carbocycles. The number of hydrogen-bond donors (Lipinski definition) is 1. The topological polar surface area (TPSA) is 44.5 Å². The maximum Gasteiger partial charge on any atom is 0.263 e. The second-order valence-corrected chi connectivity index (χ2v) is 3.12. The third kappa shape index (κ3) is 2.86. The Kier molecular flexibility index (Phi) is 4.57. The van der Waals surface area contributed by atoms with Gasteiger partial charge in [0.25, 0.3) is 6.43 Å². The van der Waals surface area contributed by atoms with Crippen LogP contribution in [0.1, 0.15) is 17.6 Å². The summed E-state index contributed by atoms with van der Waals surface area (Å²) in [5, 5.41) is 0. The lowest BCUT2D eigenvalue weighted by Gasteiger charge is -2.11. The van der Waals surface area contributed by atoms with Crippen molar-refractivity contribution in [3.05, 3.63) is 29.1 Å². The minimum atomic E-state index is -2.72. The van der Waals surface area contributed by atoms with Crippen molar-refractivity contribution in [3.8, 4) is 5.75 Å². The minimum Gasteiger partial charge on any atom is -0.493 e. The molecule has 6 heteroatoms. The Labute approximate surface area is 90.9 Å². The lowest BCUT2D eigenvalue weighted by molar-refractivity contribution is 0.139. The van der Waals surface area contributed by atoms with Crippen LogP contribution in [0.4, 0.5) is 13.2 Å². The molecular formula is C10H12F3NO2. The van der Waals surface area contributed by atoms with Crippen LogP contribution in [0.15, 0.2) is 12.1 Å². The van der Waals surface area contributed by atoms with E-state index in [0.29, 0.717) is 5.56 Å². The maximum atomic E-state index is 13.4. The second-order valence-electron chi connectivity index (χ2n) is 3.12. The molecule has 1 aromatic carbocycles. The average molecular weight is 235 g/mol. The van der Waals surface area contributed by atoms with E-state index in [4.69, 9.17) is 10.6 Å². The number of alkyl halides is 2. The van der Waals surface area contributed by atoms with E-state index in [1.807, 2.05) is 0 Å². The molecule has 0 aromatic heterocycles. The van der Waals surface area contributed by atoms with Crippen LogP contribution in [0.3, 0.4) is 0 Å². The van der Waals surface area contributed by atoms with Crippen LogP contribution in [0.2, 0.25) is 0 Å². The molecule has 0 heterocycles. The zero-order valence-electron chi connectivity index (χ0n) is 8.67. The largest absolute Gasteiger partial charge is 0.493 e. The van der Waals surface area contributed by atoms with Crippen LogP contribution < -0.4 is 10.6 Å². The first-order valence-electron chi connectivity index (χ1n) is 4.56. The van der Waals surface area contributed by atoms with Gasteiger partial charge in [-0.1, -0.05) is 0 Å². The molecule has 1 aromatic rings. The standard InChI is InChI=1S/C10H12F3NO2/c1-15-9-6(2-3-16-14)4-7(10(12)13)5-8(9)11/h4-5,10H,2-3,14H2,1H3. The van der Waals surface area contributed by atoms with Crippen LogP contribution in [0.5, 0.6) is 5.75 Å². The Morgan fingerprint density at radius 1 is 1.38 bits per heavy atom. The first-order valence-corrected chi connectivity index (χ1v) is 4.56. The summed E-state index contributed by atoms with van der Waals surface area (Å²) in [6.07, 6.45) is -2.52. The van der Waals surface area contributed by atoms with Crippen molar-refractivity contribution in [2.75, 3.05) is 13.7 Å². The zero-order valence-corrected chi connectivity index (χ0v) is 8.67. The van der Waals surface area contributed by atoms with E-state index < -0.39 is 12.2 Å². The van der Waals surface area contributed by atoms with Crippen molar-refractivity contribution in [1.82, 2.24) is 0 Å². The van der Waals surface area contributed by atoms with E-state index in [9.17, 15) is 13.2 Å². The number of methoxy groups -OCH3 is 1. The molecule has 0 saturated heterocycles. The molecule has 0 atom stereocenters. The Morgan fingerprint density at radius 2 is 2.06 bits per heavy atom. The van der Waals surface area contributed by atoms with Gasteiger partial charge in [-0.2, -0.15) is 0 Å². The fourth-order valence-electron chi connectivity index (χ4n) is 1.38. The molecule has 3 nitrogen and oxygen atoms in total. The monoisotopic (exact) mass is 235 g/mol. The van der Waals surface area contributed by atoms with Gasteiger partial charge in [-0.15, -0.1) is 0 Å². The van der Waals surface area contributed by atoms with Crippen molar-refractivity contribution in [3.63, 3.8) is 0 Å². The van der Waals surface area contributed by atoms with Crippen LogP contribution >= 0.6 is 0 Å². The van der Waals surface area contributed by atoms with Crippen LogP contribution in [0.25, 0.3) is 0 Å². The molecule has 90 valence electrons. The van der Waals surface area contributed by atoms with Crippen molar-refractivity contribution >= 4 is 0 Å². The predicted molar refractivity (Wildman–Crippen MR) is 51.8 cm³/mol. The Morgan fingerprint density at radius 3 is 2.56 bits per heavy atom. The zero-order chi connectivity index (χ0) is 12.1. The summed E-state index contributed by atoms with van der Waals surface area (Å²) in [5.74, 6) is 3.95. The van der Waals surface area contributed by atoms with Crippen LogP contribution in [0, 0.1) is 5.82 Å². The van der Waals surface area contributed by atoms with Crippen molar-refractivity contribution < 1.29 is 22.7 Å². The SMILES string of the molecule is COc1c(F)cc(C(F)F)cc1CCON. The third-order valence-electron chi connectivity index (χ3n) is 2.09.